The third-order valence-corrected chi connectivity index (χ3v) is 7.47. The monoisotopic (exact) mass is 578 g/mol. The number of fused-ring (bicyclic) bond motifs is 5. The molecule has 1 atom stereocenters. The lowest BCUT2D eigenvalue weighted by atomic mass is 9.95. The van der Waals surface area contributed by atoms with Gasteiger partial charge in [-0.2, -0.15) is 0 Å². The minimum atomic E-state index is -1.40. The van der Waals surface area contributed by atoms with Gasteiger partial charge in [0.2, 0.25) is 6.29 Å². The van der Waals surface area contributed by atoms with Gasteiger partial charge in [-0.1, -0.05) is 6.07 Å². The molecule has 0 radical (unpaired) electrons. The lowest BCUT2D eigenvalue weighted by Gasteiger charge is -2.24. The maximum atomic E-state index is 13.3. The zero-order valence-electron chi connectivity index (χ0n) is 22.6. The summed E-state index contributed by atoms with van der Waals surface area (Å²) >= 11 is 0. The van der Waals surface area contributed by atoms with Gasteiger partial charge in [-0.15, -0.1) is 0 Å². The highest BCUT2D eigenvalue weighted by Crippen LogP contribution is 2.42. The number of aliphatic hydroxyl groups excluding tert-OH is 1. The van der Waals surface area contributed by atoms with Gasteiger partial charge >= 0.3 is 16.9 Å². The van der Waals surface area contributed by atoms with Gasteiger partial charge in [0.25, 0.3) is 0 Å². The Labute approximate surface area is 241 Å². The first-order valence-electron chi connectivity index (χ1n) is 13.3. The standard InChI is InChI=1S/C33H22O10/c1-39-21-4-7-26-23(15-21)18(13-29(35)40-26)10-19-11-25-31(43-32(19)37)24-9-16(2-6-27(24)42-33(25)38)8-17-12-30(36)41-28-14-20(34)3-5-22(17)28/h2-7,9,11-15,33-34,38H,8,10H2,1H3. The Bertz CT molecular complexity index is 2260. The third-order valence-electron chi connectivity index (χ3n) is 7.47. The largest absolute Gasteiger partial charge is 0.508 e. The summed E-state index contributed by atoms with van der Waals surface area (Å²) in [5.41, 5.74) is 1.75. The molecule has 10 nitrogen and oxygen atoms in total. The quantitative estimate of drug-likeness (QED) is 0.273. The second-order valence-corrected chi connectivity index (χ2v) is 10.2. The number of phenolic OH excluding ortho intramolecular Hbond substituents is 1. The SMILES string of the molecule is COc1ccc2oc(=O)cc(Cc3cc4c(oc3=O)-c3cc(Cc5cc(=O)oc6cc(O)ccc56)ccc3OC4O)c2c1. The van der Waals surface area contributed by atoms with E-state index in [4.69, 9.17) is 22.7 Å². The van der Waals surface area contributed by atoms with Crippen LogP contribution in [-0.4, -0.2) is 17.3 Å². The van der Waals surface area contributed by atoms with Gasteiger partial charge in [-0.3, -0.25) is 0 Å². The van der Waals surface area contributed by atoms with Crippen molar-refractivity contribution in [2.24, 2.45) is 0 Å². The highest BCUT2D eigenvalue weighted by atomic mass is 16.6. The molecule has 0 aliphatic carbocycles. The molecule has 1 aliphatic heterocycles. The number of rotatable bonds is 5. The van der Waals surface area contributed by atoms with Gasteiger partial charge in [0.05, 0.1) is 18.2 Å². The van der Waals surface area contributed by atoms with Gasteiger partial charge in [0.1, 0.15) is 28.4 Å². The van der Waals surface area contributed by atoms with E-state index >= 15 is 0 Å². The van der Waals surface area contributed by atoms with Crippen molar-refractivity contribution >= 4 is 21.9 Å². The molecular formula is C33H22O10. The summed E-state index contributed by atoms with van der Waals surface area (Å²) in [6.45, 7) is 0. The molecule has 214 valence electrons. The normalized spacial score (nSPS) is 13.9. The average Bonchev–Trinajstić information content (AvgIpc) is 2.97. The molecule has 43 heavy (non-hydrogen) atoms. The fraction of sp³-hybridized carbons (Fsp3) is 0.121. The van der Waals surface area contributed by atoms with Crippen molar-refractivity contribution in [3.63, 3.8) is 0 Å². The molecule has 1 aliphatic rings. The summed E-state index contributed by atoms with van der Waals surface area (Å²) in [5, 5.41) is 21.9. The van der Waals surface area contributed by atoms with Crippen LogP contribution in [-0.2, 0) is 12.8 Å². The van der Waals surface area contributed by atoms with Gasteiger partial charge in [-0.05, 0) is 71.6 Å². The van der Waals surface area contributed by atoms with Gasteiger partial charge in [-0.25, -0.2) is 14.4 Å². The summed E-state index contributed by atoms with van der Waals surface area (Å²) < 4.78 is 27.4. The van der Waals surface area contributed by atoms with E-state index in [1.165, 1.54) is 37.4 Å². The minimum Gasteiger partial charge on any atom is -0.508 e. The summed E-state index contributed by atoms with van der Waals surface area (Å²) in [6.07, 6.45) is -1.04. The second-order valence-electron chi connectivity index (χ2n) is 10.2. The minimum absolute atomic E-state index is 0.0214. The van der Waals surface area contributed by atoms with Crippen LogP contribution >= 0.6 is 0 Å². The maximum Gasteiger partial charge on any atom is 0.339 e. The molecule has 7 rings (SSSR count). The topological polar surface area (TPSA) is 150 Å². The zero-order chi connectivity index (χ0) is 29.8. The first-order valence-corrected chi connectivity index (χ1v) is 13.3. The zero-order valence-corrected chi connectivity index (χ0v) is 22.6. The summed E-state index contributed by atoms with van der Waals surface area (Å²) in [6, 6.07) is 19.0. The van der Waals surface area contributed by atoms with Crippen molar-refractivity contribution in [2.75, 3.05) is 7.11 Å². The van der Waals surface area contributed by atoms with E-state index in [-0.39, 0.29) is 34.6 Å². The number of hydrogen-bond donors (Lipinski definition) is 2. The Morgan fingerprint density at radius 2 is 1.51 bits per heavy atom. The number of ether oxygens (including phenoxy) is 2. The highest BCUT2D eigenvalue weighted by Gasteiger charge is 2.29. The van der Waals surface area contributed by atoms with Crippen molar-refractivity contribution in [3.8, 4) is 28.6 Å². The van der Waals surface area contributed by atoms with Crippen LogP contribution in [0.2, 0.25) is 0 Å². The van der Waals surface area contributed by atoms with Gasteiger partial charge in [0.15, 0.2) is 5.76 Å². The maximum absolute atomic E-state index is 13.3. The molecule has 0 saturated carbocycles. The van der Waals surface area contributed by atoms with Crippen molar-refractivity contribution in [1.29, 1.82) is 0 Å². The van der Waals surface area contributed by atoms with Crippen LogP contribution in [0.15, 0.2) is 100 Å². The Hall–Kier alpha value is -5.61. The smallest absolute Gasteiger partial charge is 0.339 e. The fourth-order valence-corrected chi connectivity index (χ4v) is 5.47. The molecule has 0 amide bonds. The van der Waals surface area contributed by atoms with Crippen LogP contribution in [0.5, 0.6) is 17.2 Å². The number of hydrogen-bond acceptors (Lipinski definition) is 10. The fourth-order valence-electron chi connectivity index (χ4n) is 5.47. The molecule has 0 bridgehead atoms. The van der Waals surface area contributed by atoms with E-state index in [0.29, 0.717) is 51.0 Å². The Kier molecular flexibility index (Phi) is 6.14. The van der Waals surface area contributed by atoms with Crippen LogP contribution in [0.25, 0.3) is 33.3 Å². The molecule has 6 aromatic rings. The number of benzene rings is 3. The number of aromatic hydroxyl groups is 1. The van der Waals surface area contributed by atoms with Crippen molar-refractivity contribution in [3.05, 3.63) is 132 Å². The lowest BCUT2D eigenvalue weighted by molar-refractivity contribution is -0.0232. The molecule has 2 N–H and O–H groups in total. The molecule has 10 heteroatoms. The molecular weight excluding hydrogens is 556 g/mol. The summed E-state index contributed by atoms with van der Waals surface area (Å²) in [4.78, 5) is 37.7. The van der Waals surface area contributed by atoms with E-state index in [9.17, 15) is 24.6 Å². The van der Waals surface area contributed by atoms with E-state index in [2.05, 4.69) is 0 Å². The van der Waals surface area contributed by atoms with E-state index < -0.39 is 23.2 Å². The van der Waals surface area contributed by atoms with Crippen molar-refractivity contribution in [1.82, 2.24) is 0 Å². The van der Waals surface area contributed by atoms with Gasteiger partial charge < -0.3 is 32.9 Å². The number of methoxy groups -OCH3 is 1. The van der Waals surface area contributed by atoms with Crippen LogP contribution in [0.1, 0.15) is 34.1 Å². The molecule has 0 saturated heterocycles. The first kappa shape index (κ1) is 26.3. The summed E-state index contributed by atoms with van der Waals surface area (Å²) in [5.74, 6) is 1.01. The summed E-state index contributed by atoms with van der Waals surface area (Å²) in [7, 11) is 1.52. The predicted octanol–water partition coefficient (Wildman–Crippen LogP) is 4.80. The molecule has 0 spiro atoms. The Morgan fingerprint density at radius 3 is 2.30 bits per heavy atom. The molecule has 1 unspecified atom stereocenters. The third kappa shape index (κ3) is 4.73. The van der Waals surface area contributed by atoms with Crippen molar-refractivity contribution in [2.45, 2.75) is 19.1 Å². The van der Waals surface area contributed by atoms with E-state index in [1.807, 2.05) is 0 Å². The number of aliphatic hydroxyl groups is 1. The van der Waals surface area contributed by atoms with Crippen LogP contribution in [0, 0.1) is 0 Å². The van der Waals surface area contributed by atoms with Gasteiger partial charge in [0, 0.05) is 41.0 Å². The molecule has 3 aromatic heterocycles. The molecule has 3 aromatic carbocycles. The second kappa shape index (κ2) is 10.0. The average molecular weight is 579 g/mol. The number of phenols is 1. The molecule has 4 heterocycles. The van der Waals surface area contributed by atoms with Crippen molar-refractivity contribution < 1.29 is 32.9 Å². The Morgan fingerprint density at radius 1 is 0.744 bits per heavy atom. The highest BCUT2D eigenvalue weighted by molar-refractivity contribution is 5.83. The van der Waals surface area contributed by atoms with Crippen LogP contribution < -0.4 is 26.4 Å². The predicted molar refractivity (Wildman–Crippen MR) is 155 cm³/mol. The lowest BCUT2D eigenvalue weighted by Crippen LogP contribution is -2.19. The molecule has 0 fully saturated rings. The van der Waals surface area contributed by atoms with E-state index in [0.717, 1.165) is 5.56 Å². The van der Waals surface area contributed by atoms with Crippen LogP contribution in [0.3, 0.4) is 0 Å². The van der Waals surface area contributed by atoms with E-state index in [1.54, 1.807) is 42.5 Å². The first-order chi connectivity index (χ1) is 20.7. The van der Waals surface area contributed by atoms with Crippen LogP contribution in [0.4, 0.5) is 0 Å². The Balaban J connectivity index is 1.28.